The molecular formula is C38H52N6O11. The number of hydrazine groups is 1. The van der Waals surface area contributed by atoms with Gasteiger partial charge in [-0.05, 0) is 49.8 Å². The molecule has 5 unspecified atom stereocenters. The highest BCUT2D eigenvalue weighted by Crippen LogP contribution is 2.26. The molecule has 0 aromatic heterocycles. The summed E-state index contributed by atoms with van der Waals surface area (Å²) >= 11 is 0. The molecule has 2 aromatic carbocycles. The zero-order chi connectivity index (χ0) is 40.7. The number of nitrogens with zero attached hydrogens (tertiary/aromatic N) is 2. The molecule has 300 valence electrons. The largest absolute Gasteiger partial charge is 0.481 e. The number of likely N-dealkylation sites (N-methyl/N-ethyl adjacent to an activating group) is 1. The number of nitrogens with one attached hydrogen (secondary N) is 4. The summed E-state index contributed by atoms with van der Waals surface area (Å²) in [6.07, 6.45) is -3.05. The Morgan fingerprint density at radius 1 is 0.782 bits per heavy atom. The normalized spacial score (nSPS) is 17.3. The van der Waals surface area contributed by atoms with Gasteiger partial charge >= 0.3 is 11.9 Å². The lowest BCUT2D eigenvalue weighted by molar-refractivity contribution is -0.152. The van der Waals surface area contributed by atoms with Crippen molar-refractivity contribution in [2.75, 3.05) is 20.1 Å². The highest BCUT2D eigenvalue weighted by molar-refractivity contribution is 5.98. The lowest BCUT2D eigenvalue weighted by Crippen LogP contribution is -2.62. The van der Waals surface area contributed by atoms with Crippen LogP contribution in [0.5, 0.6) is 0 Å². The molecule has 7 N–H and O–H groups in total. The number of aliphatic carboxylic acids is 2. The van der Waals surface area contributed by atoms with Crippen LogP contribution in [0.2, 0.25) is 0 Å². The number of benzene rings is 2. The summed E-state index contributed by atoms with van der Waals surface area (Å²) in [5, 5.41) is 37.9. The third-order valence-electron chi connectivity index (χ3n) is 9.11. The second kappa shape index (κ2) is 21.5. The Morgan fingerprint density at radius 3 is 1.95 bits per heavy atom. The SMILES string of the molecule is CCC(C)C(NCCCc1ccccc1)C(=O)NC(CCC(=O)O)C(=O)NC(C(=O)NN(CC(=O)O)C(=O)[C@H]1O[C@@H]1C(=O)N(C)Cc1ccccc1)C(C)O. The summed E-state index contributed by atoms with van der Waals surface area (Å²) in [7, 11) is 1.51. The number of carboxylic acid groups (broad SMARTS) is 2. The van der Waals surface area contributed by atoms with E-state index in [0.717, 1.165) is 30.9 Å². The van der Waals surface area contributed by atoms with Crippen LogP contribution in [0.15, 0.2) is 60.7 Å². The van der Waals surface area contributed by atoms with Crippen LogP contribution < -0.4 is 21.4 Å². The average molecular weight is 769 g/mol. The first-order valence-electron chi connectivity index (χ1n) is 18.2. The van der Waals surface area contributed by atoms with Crippen molar-refractivity contribution >= 4 is 41.5 Å². The van der Waals surface area contributed by atoms with Crippen LogP contribution in [-0.4, -0.2) is 123 Å². The maximum absolute atomic E-state index is 13.6. The third kappa shape index (κ3) is 14.1. The molecule has 0 spiro atoms. The minimum atomic E-state index is -1.79. The topological polar surface area (TPSA) is 247 Å². The van der Waals surface area contributed by atoms with Crippen molar-refractivity contribution in [1.29, 1.82) is 0 Å². The van der Waals surface area contributed by atoms with Gasteiger partial charge in [-0.15, -0.1) is 0 Å². The minimum Gasteiger partial charge on any atom is -0.481 e. The van der Waals surface area contributed by atoms with Crippen LogP contribution in [0.4, 0.5) is 0 Å². The number of carboxylic acids is 2. The predicted octanol–water partition coefficient (Wildman–Crippen LogP) is 0.209. The molecule has 1 heterocycles. The van der Waals surface area contributed by atoms with Crippen molar-refractivity contribution in [3.63, 3.8) is 0 Å². The zero-order valence-corrected chi connectivity index (χ0v) is 31.5. The van der Waals surface area contributed by atoms with Crippen molar-refractivity contribution in [1.82, 2.24) is 31.3 Å². The molecule has 0 aliphatic carbocycles. The number of rotatable bonds is 22. The van der Waals surface area contributed by atoms with Crippen LogP contribution in [-0.2, 0) is 51.3 Å². The number of carbonyl (C=O) groups is 7. The molecule has 0 saturated carbocycles. The highest BCUT2D eigenvalue weighted by atomic mass is 16.6. The Kier molecular flexibility index (Phi) is 17.2. The summed E-state index contributed by atoms with van der Waals surface area (Å²) in [6.45, 7) is 4.53. The van der Waals surface area contributed by atoms with E-state index in [1.807, 2.05) is 50.2 Å². The molecular weight excluding hydrogens is 716 g/mol. The maximum Gasteiger partial charge on any atom is 0.325 e. The first-order valence-corrected chi connectivity index (χ1v) is 18.2. The van der Waals surface area contributed by atoms with Gasteiger partial charge in [-0.25, -0.2) is 5.01 Å². The number of ether oxygens (including phenoxy) is 1. The molecule has 5 amide bonds. The first-order chi connectivity index (χ1) is 26.1. The molecule has 3 rings (SSSR count). The van der Waals surface area contributed by atoms with Crippen LogP contribution in [0.25, 0.3) is 0 Å². The summed E-state index contributed by atoms with van der Waals surface area (Å²) < 4.78 is 5.29. The number of hydrogen-bond acceptors (Lipinski definition) is 10. The van der Waals surface area contributed by atoms with E-state index < -0.39 is 90.9 Å². The van der Waals surface area contributed by atoms with Gasteiger partial charge in [0, 0.05) is 20.0 Å². The van der Waals surface area contributed by atoms with Gasteiger partial charge in [0.15, 0.2) is 12.2 Å². The van der Waals surface area contributed by atoms with Crippen LogP contribution in [0.3, 0.4) is 0 Å². The number of aliphatic hydroxyl groups is 1. The molecule has 2 aromatic rings. The monoisotopic (exact) mass is 768 g/mol. The standard InChI is InChI=1S/C38H52N6O11/c1-5-23(2)30(39-20-12-17-25-13-8-6-9-14-25)35(51)40-27(18-19-28(46)47)34(50)41-31(24(3)45)36(52)42-44(22-29(48)49)38(54)33-32(55-33)37(53)43(4)21-26-15-10-7-11-16-26/h6-11,13-16,23-24,27,30-33,39,45H,5,12,17-22H2,1-4H3,(H,40,51)(H,41,50)(H,42,52)(H,46,47)(H,48,49)/t23?,24?,27?,30?,31?,32-,33-/m0/s1. The second-order valence-corrected chi connectivity index (χ2v) is 13.6. The van der Waals surface area contributed by atoms with Gasteiger partial charge in [0.05, 0.1) is 12.1 Å². The van der Waals surface area contributed by atoms with E-state index in [0.29, 0.717) is 18.0 Å². The maximum atomic E-state index is 13.6. The van der Waals surface area contributed by atoms with Gasteiger partial charge in [-0.2, -0.15) is 0 Å². The third-order valence-corrected chi connectivity index (χ3v) is 9.11. The summed E-state index contributed by atoms with van der Waals surface area (Å²) in [5.41, 5.74) is 4.04. The van der Waals surface area contributed by atoms with Crippen LogP contribution in [0.1, 0.15) is 57.6 Å². The van der Waals surface area contributed by atoms with E-state index in [1.165, 1.54) is 11.9 Å². The molecule has 1 saturated heterocycles. The molecule has 17 nitrogen and oxygen atoms in total. The van der Waals surface area contributed by atoms with E-state index >= 15 is 0 Å². The number of aliphatic hydroxyl groups excluding tert-OH is 1. The Morgan fingerprint density at radius 2 is 1.38 bits per heavy atom. The van der Waals surface area contributed by atoms with E-state index in [2.05, 4.69) is 21.4 Å². The Balaban J connectivity index is 1.68. The van der Waals surface area contributed by atoms with Crippen molar-refractivity contribution in [2.24, 2.45) is 5.92 Å². The molecule has 0 radical (unpaired) electrons. The number of carbonyl (C=O) groups excluding carboxylic acids is 5. The zero-order valence-electron chi connectivity index (χ0n) is 31.5. The lowest BCUT2D eigenvalue weighted by atomic mass is 9.97. The van der Waals surface area contributed by atoms with Crippen LogP contribution in [0, 0.1) is 5.92 Å². The van der Waals surface area contributed by atoms with Crippen molar-refractivity contribution < 1.29 is 53.6 Å². The average Bonchev–Trinajstić information content (AvgIpc) is 3.95. The smallest absolute Gasteiger partial charge is 0.325 e. The fourth-order valence-electron chi connectivity index (χ4n) is 5.74. The Hall–Kier alpha value is -5.39. The van der Waals surface area contributed by atoms with E-state index in [1.54, 1.807) is 24.3 Å². The number of epoxide rings is 1. The molecule has 1 aliphatic rings. The molecule has 7 atom stereocenters. The Labute approximate surface area is 319 Å². The van der Waals surface area contributed by atoms with Gasteiger partial charge in [0.2, 0.25) is 11.8 Å². The van der Waals surface area contributed by atoms with Crippen molar-refractivity contribution in [2.45, 2.75) is 95.9 Å². The van der Waals surface area contributed by atoms with Gasteiger partial charge in [0.1, 0.15) is 18.6 Å². The molecule has 55 heavy (non-hydrogen) atoms. The highest BCUT2D eigenvalue weighted by Gasteiger charge is 2.53. The van der Waals surface area contributed by atoms with Gasteiger partial charge in [-0.3, -0.25) is 39.0 Å². The molecule has 0 bridgehead atoms. The fourth-order valence-corrected chi connectivity index (χ4v) is 5.74. The number of amides is 5. The molecule has 17 heteroatoms. The van der Waals surface area contributed by atoms with Gasteiger partial charge in [0.25, 0.3) is 17.7 Å². The van der Waals surface area contributed by atoms with Gasteiger partial charge < -0.3 is 40.9 Å². The van der Waals surface area contributed by atoms with E-state index in [9.17, 15) is 48.9 Å². The van der Waals surface area contributed by atoms with Gasteiger partial charge in [-0.1, -0.05) is 80.9 Å². The molecule has 1 aliphatic heterocycles. The number of hydrogen-bond donors (Lipinski definition) is 7. The van der Waals surface area contributed by atoms with E-state index in [-0.39, 0.29) is 18.9 Å². The van der Waals surface area contributed by atoms with Crippen molar-refractivity contribution in [3.05, 3.63) is 71.8 Å². The second-order valence-electron chi connectivity index (χ2n) is 13.6. The van der Waals surface area contributed by atoms with E-state index in [4.69, 9.17) is 4.74 Å². The summed E-state index contributed by atoms with van der Waals surface area (Å²) in [5.74, 6) is -7.34. The van der Waals surface area contributed by atoms with Crippen LogP contribution >= 0.6 is 0 Å². The summed E-state index contributed by atoms with van der Waals surface area (Å²) in [4.78, 5) is 91.2. The fraction of sp³-hybridized carbons (Fsp3) is 0.500. The Bertz CT molecular complexity index is 1630. The minimum absolute atomic E-state index is 0.178. The number of aryl methyl sites for hydroxylation is 1. The quantitative estimate of drug-likeness (QED) is 0.0483. The molecule has 1 fully saturated rings. The van der Waals surface area contributed by atoms with Crippen molar-refractivity contribution in [3.8, 4) is 0 Å². The predicted molar refractivity (Wildman–Crippen MR) is 197 cm³/mol. The lowest BCUT2D eigenvalue weighted by Gasteiger charge is -2.29. The summed E-state index contributed by atoms with van der Waals surface area (Å²) in [6, 6.07) is 14.8. The first kappa shape index (κ1) is 44.0.